The van der Waals surface area contributed by atoms with Gasteiger partial charge in [-0.05, 0) is 13.8 Å². The average molecular weight is 319 g/mol. The van der Waals surface area contributed by atoms with Gasteiger partial charge in [0.1, 0.15) is 10.2 Å². The van der Waals surface area contributed by atoms with Crippen molar-refractivity contribution in [2.75, 3.05) is 13.2 Å². The van der Waals surface area contributed by atoms with E-state index in [9.17, 15) is 0 Å². The minimum Gasteiger partial charge on any atom is -0.402 e. The Balaban J connectivity index is 2.93. The lowest BCUT2D eigenvalue weighted by molar-refractivity contribution is 0.215. The van der Waals surface area contributed by atoms with E-state index in [1.807, 2.05) is 0 Å². The zero-order valence-electron chi connectivity index (χ0n) is 9.64. The number of nitrogens with zero attached hydrogens (tertiary/aromatic N) is 2. The lowest BCUT2D eigenvalue weighted by Gasteiger charge is -2.19. The van der Waals surface area contributed by atoms with Gasteiger partial charge in [0.05, 0.1) is 13.2 Å². The third kappa shape index (κ3) is 3.81. The molecule has 1 aromatic rings. The van der Waals surface area contributed by atoms with Gasteiger partial charge in [-0.2, -0.15) is 0 Å². The van der Waals surface area contributed by atoms with E-state index in [1.54, 1.807) is 20.9 Å². The first-order valence-electron chi connectivity index (χ1n) is 4.90. The molecule has 17 heavy (non-hydrogen) atoms. The maximum Gasteiger partial charge on any atom is 0.381 e. The maximum atomic E-state index is 5.94. The van der Waals surface area contributed by atoms with Crippen LogP contribution in [0.1, 0.15) is 13.8 Å². The largest absolute Gasteiger partial charge is 0.402 e. The van der Waals surface area contributed by atoms with Gasteiger partial charge in [-0.25, -0.2) is 0 Å². The summed E-state index contributed by atoms with van der Waals surface area (Å²) in [5.41, 5.74) is 0. The van der Waals surface area contributed by atoms with Crippen LogP contribution in [-0.2, 0) is 27.9 Å². The molecular formula is C8H13Cl2N2O3PS. The fourth-order valence-electron chi connectivity index (χ4n) is 1.02. The van der Waals surface area contributed by atoms with Crippen molar-refractivity contribution >= 4 is 41.7 Å². The number of halogens is 2. The molecule has 0 aliphatic heterocycles. The molecule has 0 aliphatic carbocycles. The molecule has 0 saturated heterocycles. The monoisotopic (exact) mass is 318 g/mol. The van der Waals surface area contributed by atoms with Crippen molar-refractivity contribution in [3.05, 3.63) is 10.2 Å². The molecule has 1 heterocycles. The zero-order chi connectivity index (χ0) is 13.1. The third-order valence-corrected chi connectivity index (χ3v) is 4.94. The van der Waals surface area contributed by atoms with E-state index in [-0.39, 0.29) is 16.1 Å². The summed E-state index contributed by atoms with van der Waals surface area (Å²) in [7, 11) is 1.64. The summed E-state index contributed by atoms with van der Waals surface area (Å²) in [5.74, 6) is 0.129. The predicted molar refractivity (Wildman–Crippen MR) is 71.4 cm³/mol. The van der Waals surface area contributed by atoms with Gasteiger partial charge in [0.2, 0.25) is 0 Å². The summed E-state index contributed by atoms with van der Waals surface area (Å²) < 4.78 is 17.5. The Morgan fingerprint density at radius 1 is 1.29 bits per heavy atom. The zero-order valence-corrected chi connectivity index (χ0v) is 12.9. The Hall–Kier alpha value is 0.160. The molecule has 98 valence electrons. The van der Waals surface area contributed by atoms with E-state index in [0.717, 1.165) is 0 Å². The minimum absolute atomic E-state index is 0.129. The van der Waals surface area contributed by atoms with E-state index in [2.05, 4.69) is 5.10 Å². The van der Waals surface area contributed by atoms with Gasteiger partial charge >= 0.3 is 6.72 Å². The maximum absolute atomic E-state index is 5.94. The molecule has 0 fully saturated rings. The lowest BCUT2D eigenvalue weighted by Crippen LogP contribution is -2.03. The van der Waals surface area contributed by atoms with E-state index >= 15 is 0 Å². The normalized spacial score (nSPS) is 11.8. The van der Waals surface area contributed by atoms with Crippen LogP contribution in [0.3, 0.4) is 0 Å². The molecule has 0 saturated carbocycles. The van der Waals surface area contributed by atoms with Crippen molar-refractivity contribution in [1.82, 2.24) is 9.78 Å². The van der Waals surface area contributed by atoms with Crippen LogP contribution >= 0.6 is 29.9 Å². The molecule has 0 radical (unpaired) electrons. The molecule has 1 rings (SSSR count). The summed E-state index contributed by atoms with van der Waals surface area (Å²) >= 11 is 17.0. The Labute approximate surface area is 115 Å². The lowest BCUT2D eigenvalue weighted by atomic mass is 10.7. The topological polar surface area (TPSA) is 45.5 Å². The first-order chi connectivity index (χ1) is 7.93. The van der Waals surface area contributed by atoms with Gasteiger partial charge < -0.3 is 4.52 Å². The molecule has 5 nitrogen and oxygen atoms in total. The number of rotatable bonds is 6. The van der Waals surface area contributed by atoms with Crippen LogP contribution < -0.4 is 4.52 Å². The molecule has 0 aromatic carbocycles. The van der Waals surface area contributed by atoms with Gasteiger partial charge in [-0.3, -0.25) is 13.7 Å². The highest BCUT2D eigenvalue weighted by Gasteiger charge is 2.25. The van der Waals surface area contributed by atoms with Crippen LogP contribution in [0.25, 0.3) is 0 Å². The standard InChI is InChI=1S/C8H13Cl2N2O3PS/c1-4-13-16(17,14-5-2)15-8-6(9)7(10)12(3)11-8/h4-5H2,1-3H3. The fraction of sp³-hybridized carbons (Fsp3) is 0.625. The fourth-order valence-corrected chi connectivity index (χ4v) is 3.39. The molecule has 1 aromatic heterocycles. The van der Waals surface area contributed by atoms with Gasteiger partial charge in [0, 0.05) is 18.9 Å². The highest BCUT2D eigenvalue weighted by Crippen LogP contribution is 2.51. The third-order valence-electron chi connectivity index (χ3n) is 1.67. The smallest absolute Gasteiger partial charge is 0.381 e. The average Bonchev–Trinajstić information content (AvgIpc) is 2.47. The van der Waals surface area contributed by atoms with Crippen LogP contribution in [0.5, 0.6) is 5.88 Å². The van der Waals surface area contributed by atoms with E-state index in [4.69, 9.17) is 48.6 Å². The first kappa shape index (κ1) is 15.2. The summed E-state index contributed by atoms with van der Waals surface area (Å²) in [6, 6.07) is 0. The molecule has 0 N–H and O–H groups in total. The molecule has 0 spiro atoms. The van der Waals surface area contributed by atoms with Crippen molar-refractivity contribution < 1.29 is 13.6 Å². The molecule has 0 aliphatic rings. The number of aryl methyl sites for hydroxylation is 1. The SMILES string of the molecule is CCOP(=S)(OCC)Oc1nn(C)c(Cl)c1Cl. The Kier molecular flexibility index (Phi) is 5.70. The van der Waals surface area contributed by atoms with Crippen LogP contribution in [0.4, 0.5) is 0 Å². The number of aromatic nitrogens is 2. The molecule has 0 amide bonds. The Morgan fingerprint density at radius 2 is 1.82 bits per heavy atom. The molecule has 0 atom stereocenters. The summed E-state index contributed by atoms with van der Waals surface area (Å²) in [6.07, 6.45) is 0. The second-order valence-electron chi connectivity index (χ2n) is 2.91. The first-order valence-corrected chi connectivity index (χ1v) is 8.21. The highest BCUT2D eigenvalue weighted by atomic mass is 35.5. The second kappa shape index (κ2) is 6.36. The Bertz CT molecular complexity index is 431. The highest BCUT2D eigenvalue weighted by molar-refractivity contribution is 8.07. The second-order valence-corrected chi connectivity index (χ2v) is 6.58. The van der Waals surface area contributed by atoms with Crippen LogP contribution in [-0.4, -0.2) is 23.0 Å². The van der Waals surface area contributed by atoms with Crippen molar-refractivity contribution in [3.8, 4) is 5.88 Å². The van der Waals surface area contributed by atoms with Crippen molar-refractivity contribution in [2.45, 2.75) is 13.8 Å². The Morgan fingerprint density at radius 3 is 2.18 bits per heavy atom. The van der Waals surface area contributed by atoms with Crippen molar-refractivity contribution in [3.63, 3.8) is 0 Å². The molecule has 0 unspecified atom stereocenters. The van der Waals surface area contributed by atoms with Crippen LogP contribution in [0, 0.1) is 0 Å². The van der Waals surface area contributed by atoms with Crippen LogP contribution in [0.2, 0.25) is 10.2 Å². The van der Waals surface area contributed by atoms with Gasteiger partial charge in [0.15, 0.2) is 0 Å². The van der Waals surface area contributed by atoms with E-state index in [0.29, 0.717) is 13.2 Å². The summed E-state index contributed by atoms with van der Waals surface area (Å²) in [5, 5.41) is 4.46. The predicted octanol–water partition coefficient (Wildman–Crippen LogP) is 3.40. The van der Waals surface area contributed by atoms with Crippen molar-refractivity contribution in [2.24, 2.45) is 7.05 Å². The quantitative estimate of drug-likeness (QED) is 0.752. The number of hydrogen-bond acceptors (Lipinski definition) is 5. The van der Waals surface area contributed by atoms with Gasteiger partial charge in [-0.15, -0.1) is 5.10 Å². The van der Waals surface area contributed by atoms with Crippen LogP contribution in [0.15, 0.2) is 0 Å². The number of hydrogen-bond donors (Lipinski definition) is 0. The molecule has 9 heteroatoms. The van der Waals surface area contributed by atoms with E-state index < -0.39 is 6.72 Å². The summed E-state index contributed by atoms with van der Waals surface area (Å²) in [6.45, 7) is 1.51. The molecular weight excluding hydrogens is 306 g/mol. The van der Waals surface area contributed by atoms with Gasteiger partial charge in [0.25, 0.3) is 5.88 Å². The summed E-state index contributed by atoms with van der Waals surface area (Å²) in [4.78, 5) is 0. The molecule has 0 bridgehead atoms. The van der Waals surface area contributed by atoms with Gasteiger partial charge in [-0.1, -0.05) is 23.2 Å². The van der Waals surface area contributed by atoms with E-state index in [1.165, 1.54) is 4.68 Å². The minimum atomic E-state index is -2.86. The van der Waals surface area contributed by atoms with Crippen molar-refractivity contribution in [1.29, 1.82) is 0 Å².